The van der Waals surface area contributed by atoms with Crippen LogP contribution in [0.3, 0.4) is 0 Å². The van der Waals surface area contributed by atoms with Crippen molar-refractivity contribution < 1.29 is 4.79 Å². The Balaban J connectivity index is 1.67. The van der Waals surface area contributed by atoms with Gasteiger partial charge in [-0.1, -0.05) is 47.5 Å². The van der Waals surface area contributed by atoms with Gasteiger partial charge in [0.05, 0.1) is 22.4 Å². The third-order valence-corrected chi connectivity index (χ3v) is 6.01. The lowest BCUT2D eigenvalue weighted by molar-refractivity contribution is -0.117. The maximum atomic E-state index is 13.1. The number of fused-ring (bicyclic) bond motifs is 2. The summed E-state index contributed by atoms with van der Waals surface area (Å²) >= 11 is 6.30. The standard InChI is InChI=1S/C25H21ClN4O2/c1-14-4-3-5-15(10-14)11-21-24(31)28-19-8-7-17(26)13-18(19)23(27-21)16-6-9-22-20(12-16)29-25(32)30(22)2/h3-10,12-13,21H,11H2,1-2H3,(H,28,31)(H,29,32). The van der Waals surface area contributed by atoms with Gasteiger partial charge in [0, 0.05) is 29.6 Å². The lowest BCUT2D eigenvalue weighted by atomic mass is 9.99. The minimum absolute atomic E-state index is 0.167. The molecule has 0 radical (unpaired) electrons. The van der Waals surface area contributed by atoms with Crippen molar-refractivity contribution in [2.45, 2.75) is 19.4 Å². The lowest BCUT2D eigenvalue weighted by Crippen LogP contribution is -2.27. The summed E-state index contributed by atoms with van der Waals surface area (Å²) < 4.78 is 1.56. The second kappa shape index (κ2) is 7.80. The predicted octanol–water partition coefficient (Wildman–Crippen LogP) is 4.23. The number of rotatable bonds is 3. The fourth-order valence-electron chi connectivity index (χ4n) is 4.14. The van der Waals surface area contributed by atoms with Crippen LogP contribution in [0.1, 0.15) is 22.3 Å². The van der Waals surface area contributed by atoms with Gasteiger partial charge < -0.3 is 10.3 Å². The number of carbonyl (C=O) groups excluding carboxylic acids is 1. The van der Waals surface area contributed by atoms with Crippen molar-refractivity contribution in [1.82, 2.24) is 9.55 Å². The summed E-state index contributed by atoms with van der Waals surface area (Å²) in [6.07, 6.45) is 0.475. The number of benzodiazepines with no additional fused rings is 1. The molecule has 1 amide bonds. The second-order valence-corrected chi connectivity index (χ2v) is 8.52. The summed E-state index contributed by atoms with van der Waals surface area (Å²) in [5.74, 6) is -0.167. The van der Waals surface area contributed by atoms with Crippen LogP contribution >= 0.6 is 11.6 Å². The van der Waals surface area contributed by atoms with E-state index in [0.717, 1.165) is 27.8 Å². The Bertz CT molecular complexity index is 1460. The monoisotopic (exact) mass is 444 g/mol. The first-order chi connectivity index (χ1) is 15.4. The number of hydrogen-bond acceptors (Lipinski definition) is 3. The second-order valence-electron chi connectivity index (χ2n) is 8.09. The SMILES string of the molecule is Cc1cccc(CC2N=C(c3ccc4c(c3)[nH]c(=O)n4C)c3cc(Cl)ccc3NC2=O)c1. The van der Waals surface area contributed by atoms with Gasteiger partial charge in [0.25, 0.3) is 0 Å². The molecule has 5 rings (SSSR count). The zero-order valence-electron chi connectivity index (χ0n) is 17.6. The summed E-state index contributed by atoms with van der Waals surface area (Å²) in [6.45, 7) is 2.03. The van der Waals surface area contributed by atoms with Crippen LogP contribution in [0.25, 0.3) is 11.0 Å². The van der Waals surface area contributed by atoms with Gasteiger partial charge in [0.2, 0.25) is 5.91 Å². The maximum Gasteiger partial charge on any atom is 0.326 e. The van der Waals surface area contributed by atoms with E-state index in [1.54, 1.807) is 23.7 Å². The van der Waals surface area contributed by atoms with Crippen LogP contribution in [0, 0.1) is 6.92 Å². The van der Waals surface area contributed by atoms with Crippen molar-refractivity contribution in [3.63, 3.8) is 0 Å². The van der Waals surface area contributed by atoms with E-state index < -0.39 is 6.04 Å². The summed E-state index contributed by atoms with van der Waals surface area (Å²) in [5, 5.41) is 3.56. The highest BCUT2D eigenvalue weighted by Gasteiger charge is 2.26. The highest BCUT2D eigenvalue weighted by molar-refractivity contribution is 6.32. The number of nitrogens with zero attached hydrogens (tertiary/aromatic N) is 2. The molecule has 1 aliphatic heterocycles. The molecule has 0 saturated carbocycles. The molecule has 0 fully saturated rings. The number of carbonyl (C=O) groups is 1. The summed E-state index contributed by atoms with van der Waals surface area (Å²) in [6, 6.07) is 18.5. The summed E-state index contributed by atoms with van der Waals surface area (Å²) in [7, 11) is 1.72. The smallest absolute Gasteiger partial charge is 0.324 e. The van der Waals surface area contributed by atoms with Crippen molar-refractivity contribution in [2.24, 2.45) is 12.0 Å². The van der Waals surface area contributed by atoms with Gasteiger partial charge in [0.1, 0.15) is 6.04 Å². The van der Waals surface area contributed by atoms with E-state index in [2.05, 4.69) is 16.4 Å². The zero-order chi connectivity index (χ0) is 22.4. The molecule has 3 aromatic carbocycles. The Morgan fingerprint density at radius 1 is 1.06 bits per heavy atom. The number of nitrogens with one attached hydrogen (secondary N) is 2. The quantitative estimate of drug-likeness (QED) is 0.496. The molecule has 6 nitrogen and oxygen atoms in total. The number of benzene rings is 3. The van der Waals surface area contributed by atoms with Crippen molar-refractivity contribution in [3.05, 3.63) is 98.4 Å². The highest BCUT2D eigenvalue weighted by Crippen LogP contribution is 2.29. The third-order valence-electron chi connectivity index (χ3n) is 5.77. The number of imidazole rings is 1. The number of aromatic amines is 1. The molecule has 160 valence electrons. The molecule has 1 atom stereocenters. The number of hydrogen-bond donors (Lipinski definition) is 2. The Morgan fingerprint density at radius 3 is 2.72 bits per heavy atom. The molecule has 32 heavy (non-hydrogen) atoms. The molecule has 2 heterocycles. The molecule has 0 saturated heterocycles. The van der Waals surface area contributed by atoms with Gasteiger partial charge in [-0.2, -0.15) is 0 Å². The molecular weight excluding hydrogens is 424 g/mol. The Labute approximate surface area is 189 Å². The van der Waals surface area contributed by atoms with Gasteiger partial charge in [0.15, 0.2) is 0 Å². The van der Waals surface area contributed by atoms with E-state index in [0.29, 0.717) is 28.4 Å². The first kappa shape index (κ1) is 20.3. The van der Waals surface area contributed by atoms with E-state index in [-0.39, 0.29) is 11.6 Å². The van der Waals surface area contributed by atoms with E-state index >= 15 is 0 Å². The van der Waals surface area contributed by atoms with Gasteiger partial charge in [-0.15, -0.1) is 0 Å². The van der Waals surface area contributed by atoms with E-state index in [4.69, 9.17) is 16.6 Å². The van der Waals surface area contributed by atoms with Crippen molar-refractivity contribution in [1.29, 1.82) is 0 Å². The maximum absolute atomic E-state index is 13.1. The average Bonchev–Trinajstić information content (AvgIpc) is 2.97. The fourth-order valence-corrected chi connectivity index (χ4v) is 4.31. The first-order valence-corrected chi connectivity index (χ1v) is 10.7. The fraction of sp³-hybridized carbons (Fsp3) is 0.160. The largest absolute Gasteiger partial charge is 0.326 e. The Morgan fingerprint density at radius 2 is 1.91 bits per heavy atom. The molecule has 1 aliphatic rings. The summed E-state index contributed by atoms with van der Waals surface area (Å²) in [4.78, 5) is 32.9. The van der Waals surface area contributed by atoms with E-state index in [1.807, 2.05) is 49.4 Å². The number of halogens is 1. The van der Waals surface area contributed by atoms with Crippen molar-refractivity contribution >= 4 is 39.9 Å². The van der Waals surface area contributed by atoms with Crippen LogP contribution in [0.5, 0.6) is 0 Å². The minimum atomic E-state index is -0.608. The van der Waals surface area contributed by atoms with Crippen LogP contribution in [-0.2, 0) is 18.3 Å². The van der Waals surface area contributed by atoms with Crippen molar-refractivity contribution in [2.75, 3.05) is 5.32 Å². The first-order valence-electron chi connectivity index (χ1n) is 10.3. The van der Waals surface area contributed by atoms with E-state index in [1.165, 1.54) is 0 Å². The third kappa shape index (κ3) is 3.63. The number of H-pyrrole nitrogens is 1. The van der Waals surface area contributed by atoms with Gasteiger partial charge in [-0.05, 0) is 42.8 Å². The molecule has 0 bridgehead atoms. The van der Waals surface area contributed by atoms with Crippen LogP contribution in [0.2, 0.25) is 5.02 Å². The molecule has 1 aromatic heterocycles. The highest BCUT2D eigenvalue weighted by atomic mass is 35.5. The molecule has 2 N–H and O–H groups in total. The molecule has 1 unspecified atom stereocenters. The number of amides is 1. The molecule has 4 aromatic rings. The van der Waals surface area contributed by atoms with Crippen LogP contribution in [0.4, 0.5) is 5.69 Å². The molecule has 0 spiro atoms. The van der Waals surface area contributed by atoms with Crippen LogP contribution < -0.4 is 11.0 Å². The molecule has 0 aliphatic carbocycles. The number of aryl methyl sites for hydroxylation is 2. The number of anilines is 1. The zero-order valence-corrected chi connectivity index (χ0v) is 18.4. The minimum Gasteiger partial charge on any atom is -0.324 e. The number of aliphatic imine (C=N–C) groups is 1. The lowest BCUT2D eigenvalue weighted by Gasteiger charge is -2.12. The topological polar surface area (TPSA) is 79.2 Å². The van der Waals surface area contributed by atoms with E-state index in [9.17, 15) is 9.59 Å². The van der Waals surface area contributed by atoms with Gasteiger partial charge >= 0.3 is 5.69 Å². The Kier molecular flexibility index (Phi) is 4.94. The van der Waals surface area contributed by atoms with Crippen LogP contribution in [-0.4, -0.2) is 27.2 Å². The van der Waals surface area contributed by atoms with Crippen molar-refractivity contribution in [3.8, 4) is 0 Å². The number of aromatic nitrogens is 2. The van der Waals surface area contributed by atoms with Gasteiger partial charge in [-0.3, -0.25) is 14.4 Å². The Hall–Kier alpha value is -3.64. The summed E-state index contributed by atoms with van der Waals surface area (Å²) in [5.41, 5.74) is 6.36. The van der Waals surface area contributed by atoms with Gasteiger partial charge in [-0.25, -0.2) is 4.79 Å². The normalized spacial score (nSPS) is 15.8. The average molecular weight is 445 g/mol. The predicted molar refractivity (Wildman–Crippen MR) is 128 cm³/mol. The van der Waals surface area contributed by atoms with Crippen LogP contribution in [0.15, 0.2) is 70.5 Å². The molecular formula is C25H21ClN4O2. The molecule has 7 heteroatoms.